The Morgan fingerprint density at radius 3 is 2.18 bits per heavy atom. The maximum absolute atomic E-state index is 14.7. The first-order valence-corrected chi connectivity index (χ1v) is 22.8. The molecule has 0 aliphatic carbocycles. The van der Waals surface area contributed by atoms with Gasteiger partial charge in [0.2, 0.25) is 53.2 Å². The standard InChI is InChI=1S/C40H56N10O15S/c1-5-17(2)32-37(60)43-12-30(55)44-26-16-66(63,64)39-22(21-7-6-20(65-4)9-23(21)47-39)10-24(34(57)42-13-31(56)48-32)45-38(61)33(18(3)28(53)15-51)49-36(59)27-8-19(52)14-50(27)40(62)25(11-29(41)54)46-35(26)58/h6-7,9,17-19,24-28,32-33,47,51-53H,5,8,10-16H2,1-4H3,(H2,41,54)(H,42,57)(H,43,60)(H,44,55)(H,45,61)(H,46,58)(H,48,56)(H,49,59)/t17-,18-,19+,24-,25-,26-,27-,28-,32-,33-/m0/s1. The summed E-state index contributed by atoms with van der Waals surface area (Å²) >= 11 is 0. The Balaban J connectivity index is 1.78. The SMILES string of the molecule is CC[C@H](C)[C@@H]1NC(=O)CNC(=O)[C@@H]2Cc3c([nH]c4cc(OC)ccc34)S(=O)(=O)C[C@H](NC(=O)CNC1=O)C(=O)N[C@@H](CC(N)=O)C(=O)N1C[C@H](O)C[C@H]1C(=O)N[C@@H]([C@@H](C)[C@@H](O)CO)C(=O)N2. The lowest BCUT2D eigenvalue weighted by molar-refractivity contribution is -0.144. The topological polar surface area (TPSA) is 387 Å². The third-order valence-electron chi connectivity index (χ3n) is 11.9. The highest BCUT2D eigenvalue weighted by atomic mass is 32.2. The van der Waals surface area contributed by atoms with Crippen LogP contribution in [-0.2, 0) is 59.4 Å². The Hall–Kier alpha value is -6.38. The molecular formula is C40H56N10O15S. The van der Waals surface area contributed by atoms with E-state index in [1.165, 1.54) is 32.2 Å². The highest BCUT2D eigenvalue weighted by Gasteiger charge is 2.45. The molecule has 1 aromatic carbocycles. The summed E-state index contributed by atoms with van der Waals surface area (Å²) in [6.07, 6.45) is -4.78. The molecule has 4 heterocycles. The van der Waals surface area contributed by atoms with Gasteiger partial charge in [-0.1, -0.05) is 27.2 Å². The molecule has 0 unspecified atom stereocenters. The number of rotatable bonds is 8. The second-order valence-corrected chi connectivity index (χ2v) is 18.6. The van der Waals surface area contributed by atoms with Crippen LogP contribution < -0.4 is 47.7 Å². The van der Waals surface area contributed by atoms with Crippen molar-refractivity contribution >= 4 is 73.9 Å². The van der Waals surface area contributed by atoms with E-state index in [0.717, 1.165) is 4.90 Å². The number of H-pyrrole nitrogens is 1. The smallest absolute Gasteiger partial charge is 0.246 e. The van der Waals surface area contributed by atoms with Crippen molar-refractivity contribution in [1.82, 2.24) is 47.1 Å². The van der Waals surface area contributed by atoms with Gasteiger partial charge < -0.3 is 72.9 Å². The Morgan fingerprint density at radius 2 is 1.55 bits per heavy atom. The van der Waals surface area contributed by atoms with Gasteiger partial charge in [-0.2, -0.15) is 0 Å². The van der Waals surface area contributed by atoms with Gasteiger partial charge in [0.15, 0.2) is 9.84 Å². The van der Waals surface area contributed by atoms with Gasteiger partial charge in [0.1, 0.15) is 47.0 Å². The van der Waals surface area contributed by atoms with Crippen molar-refractivity contribution in [2.24, 2.45) is 17.6 Å². The molecule has 1 fully saturated rings. The lowest BCUT2D eigenvalue weighted by Gasteiger charge is -2.32. The monoisotopic (exact) mass is 948 g/mol. The first kappa shape index (κ1) is 50.6. The second-order valence-electron chi connectivity index (χ2n) is 16.6. The third-order valence-corrected chi connectivity index (χ3v) is 13.6. The van der Waals surface area contributed by atoms with Gasteiger partial charge in [-0.05, 0) is 23.6 Å². The minimum Gasteiger partial charge on any atom is -0.497 e. The first-order chi connectivity index (χ1) is 31.1. The zero-order valence-corrected chi connectivity index (χ0v) is 37.4. The number of methoxy groups -OCH3 is 1. The number of nitrogens with zero attached hydrogens (tertiary/aromatic N) is 1. The number of primary amides is 1. The van der Waals surface area contributed by atoms with E-state index >= 15 is 0 Å². The number of fused-ring (bicyclic) bond motifs is 5. The van der Waals surface area contributed by atoms with Crippen LogP contribution in [0.4, 0.5) is 0 Å². The van der Waals surface area contributed by atoms with Gasteiger partial charge in [0.05, 0.1) is 56.7 Å². The van der Waals surface area contributed by atoms with Gasteiger partial charge in [0, 0.05) is 36.8 Å². The van der Waals surface area contributed by atoms with Gasteiger partial charge in [-0.3, -0.25) is 43.2 Å². The maximum Gasteiger partial charge on any atom is 0.246 e. The number of carbonyl (C=O) groups excluding carboxylic acids is 9. The number of sulfone groups is 1. The van der Waals surface area contributed by atoms with Crippen molar-refractivity contribution in [3.05, 3.63) is 23.8 Å². The van der Waals surface area contributed by atoms with Crippen LogP contribution in [0.5, 0.6) is 5.75 Å². The number of nitrogens with one attached hydrogen (secondary N) is 8. The van der Waals surface area contributed by atoms with Crippen LogP contribution in [0.2, 0.25) is 0 Å². The molecule has 25 nitrogen and oxygen atoms in total. The fourth-order valence-corrected chi connectivity index (χ4v) is 9.63. The molecule has 0 saturated carbocycles. The van der Waals surface area contributed by atoms with Crippen molar-refractivity contribution in [1.29, 1.82) is 0 Å². The van der Waals surface area contributed by atoms with Crippen LogP contribution in [0.15, 0.2) is 23.2 Å². The van der Waals surface area contributed by atoms with E-state index in [-0.39, 0.29) is 22.2 Å². The number of aromatic nitrogens is 1. The van der Waals surface area contributed by atoms with Gasteiger partial charge in [-0.25, -0.2) is 8.42 Å². The minimum absolute atomic E-state index is 0.119. The summed E-state index contributed by atoms with van der Waals surface area (Å²) in [5.74, 6) is -12.8. The summed E-state index contributed by atoms with van der Waals surface area (Å²) in [5, 5.41) is 47.5. The Kier molecular flexibility index (Phi) is 16.3. The number of nitrogens with two attached hydrogens (primary N) is 1. The molecule has 2 bridgehead atoms. The van der Waals surface area contributed by atoms with E-state index < -0.39 is 180 Å². The van der Waals surface area contributed by atoms with Crippen LogP contribution in [0, 0.1) is 11.8 Å². The van der Waals surface area contributed by atoms with Crippen molar-refractivity contribution in [2.75, 3.05) is 39.1 Å². The molecule has 5 rings (SSSR count). The molecule has 2 aromatic rings. The predicted octanol–water partition coefficient (Wildman–Crippen LogP) is -5.95. The van der Waals surface area contributed by atoms with Gasteiger partial charge in [-0.15, -0.1) is 0 Å². The maximum atomic E-state index is 14.7. The number of hydrogen-bond donors (Lipinski definition) is 12. The molecule has 3 aliphatic rings. The van der Waals surface area contributed by atoms with E-state index in [2.05, 4.69) is 42.2 Å². The molecule has 66 heavy (non-hydrogen) atoms. The van der Waals surface area contributed by atoms with Crippen LogP contribution in [0.25, 0.3) is 10.9 Å². The number of aliphatic hydroxyl groups is 3. The summed E-state index contributed by atoms with van der Waals surface area (Å²) in [6, 6.07) is -6.27. The highest BCUT2D eigenvalue weighted by Crippen LogP contribution is 2.31. The molecule has 1 aromatic heterocycles. The second kappa shape index (κ2) is 21.3. The predicted molar refractivity (Wildman–Crippen MR) is 228 cm³/mol. The number of aromatic amines is 1. The van der Waals surface area contributed by atoms with Crippen molar-refractivity contribution < 1.29 is 71.6 Å². The fourth-order valence-electron chi connectivity index (χ4n) is 7.96. The van der Waals surface area contributed by atoms with Crippen molar-refractivity contribution in [3.63, 3.8) is 0 Å². The summed E-state index contributed by atoms with van der Waals surface area (Å²) < 4.78 is 34.8. The summed E-state index contributed by atoms with van der Waals surface area (Å²) in [4.78, 5) is 128. The Labute approximate surface area is 378 Å². The normalized spacial score (nSPS) is 27.6. The highest BCUT2D eigenvalue weighted by molar-refractivity contribution is 7.91. The lowest BCUT2D eigenvalue weighted by Crippen LogP contribution is -2.62. The average molecular weight is 949 g/mol. The molecule has 13 N–H and O–H groups in total. The first-order valence-electron chi connectivity index (χ1n) is 21.1. The number of carbonyl (C=O) groups is 9. The largest absolute Gasteiger partial charge is 0.497 e. The lowest BCUT2D eigenvalue weighted by atomic mass is 9.93. The van der Waals surface area contributed by atoms with Crippen LogP contribution >= 0.6 is 0 Å². The number of amides is 9. The van der Waals surface area contributed by atoms with E-state index in [0.29, 0.717) is 6.42 Å². The molecule has 9 amide bonds. The minimum atomic E-state index is -4.89. The number of hydrogen-bond acceptors (Lipinski definition) is 15. The average Bonchev–Trinajstić information content (AvgIpc) is 3.85. The quantitative estimate of drug-likeness (QED) is 0.117. The van der Waals surface area contributed by atoms with E-state index in [9.17, 15) is 66.9 Å². The zero-order chi connectivity index (χ0) is 48.8. The fraction of sp³-hybridized carbons (Fsp3) is 0.575. The molecule has 0 spiro atoms. The molecule has 1 saturated heterocycles. The molecule has 10 atom stereocenters. The van der Waals surface area contributed by atoms with Crippen LogP contribution in [-0.4, -0.2) is 174 Å². The number of benzene rings is 1. The Morgan fingerprint density at radius 1 is 0.879 bits per heavy atom. The molecule has 362 valence electrons. The van der Waals surface area contributed by atoms with Crippen LogP contribution in [0.1, 0.15) is 45.6 Å². The van der Waals surface area contributed by atoms with E-state index in [4.69, 9.17) is 10.5 Å². The molecular weight excluding hydrogens is 893 g/mol. The third kappa shape index (κ3) is 11.7. The molecule has 0 radical (unpaired) electrons. The number of aliphatic hydroxyl groups excluding tert-OH is 3. The van der Waals surface area contributed by atoms with Gasteiger partial charge in [0.25, 0.3) is 0 Å². The molecule has 26 heteroatoms. The van der Waals surface area contributed by atoms with Crippen molar-refractivity contribution in [2.45, 2.75) is 99.9 Å². The zero-order valence-electron chi connectivity index (χ0n) is 36.5. The summed E-state index contributed by atoms with van der Waals surface area (Å²) in [5.41, 5.74) is 5.43. The molecule has 3 aliphatic heterocycles. The van der Waals surface area contributed by atoms with Gasteiger partial charge >= 0.3 is 0 Å². The van der Waals surface area contributed by atoms with Crippen LogP contribution in [0.3, 0.4) is 0 Å². The summed E-state index contributed by atoms with van der Waals surface area (Å²) in [6.45, 7) is 1.49. The van der Waals surface area contributed by atoms with E-state index in [1.807, 2.05) is 0 Å². The van der Waals surface area contributed by atoms with E-state index in [1.54, 1.807) is 13.8 Å². The van der Waals surface area contributed by atoms with Crippen molar-refractivity contribution in [3.8, 4) is 5.75 Å². The Bertz CT molecular complexity index is 2360. The summed E-state index contributed by atoms with van der Waals surface area (Å²) in [7, 11) is -3.55. The number of ether oxygens (including phenoxy) is 1.